The highest BCUT2D eigenvalue weighted by Gasteiger charge is 2.30. The fraction of sp³-hybridized carbons (Fsp3) is 0.0476. The standard InChI is InChI=1S/C21H14F3N3O/c22-21(23,24)15-7-4-8-16(13-15)27-12-10-18(28)20(26-27)19-17(9-11-25-19)14-5-2-1-3-6-14/h1-13,25H. The zero-order chi connectivity index (χ0) is 19.7. The van der Waals surface area contributed by atoms with E-state index >= 15 is 0 Å². The van der Waals surface area contributed by atoms with Gasteiger partial charge >= 0.3 is 6.18 Å². The van der Waals surface area contributed by atoms with Gasteiger partial charge in [0.2, 0.25) is 5.43 Å². The molecule has 0 fully saturated rings. The molecule has 0 atom stereocenters. The van der Waals surface area contributed by atoms with E-state index in [-0.39, 0.29) is 16.8 Å². The van der Waals surface area contributed by atoms with Crippen molar-refractivity contribution in [2.24, 2.45) is 0 Å². The van der Waals surface area contributed by atoms with Crippen molar-refractivity contribution in [1.29, 1.82) is 0 Å². The van der Waals surface area contributed by atoms with Gasteiger partial charge in [0, 0.05) is 24.0 Å². The van der Waals surface area contributed by atoms with E-state index in [1.807, 2.05) is 36.4 Å². The van der Waals surface area contributed by atoms with Gasteiger partial charge in [-0.3, -0.25) is 4.79 Å². The molecule has 0 saturated heterocycles. The van der Waals surface area contributed by atoms with E-state index in [0.717, 1.165) is 23.3 Å². The van der Waals surface area contributed by atoms with Gasteiger partial charge in [-0.05, 0) is 29.8 Å². The lowest BCUT2D eigenvalue weighted by molar-refractivity contribution is -0.137. The Labute approximate surface area is 157 Å². The summed E-state index contributed by atoms with van der Waals surface area (Å²) in [4.78, 5) is 15.5. The van der Waals surface area contributed by atoms with Crippen LogP contribution >= 0.6 is 0 Å². The molecule has 4 nitrogen and oxygen atoms in total. The van der Waals surface area contributed by atoms with Crippen LogP contribution in [0.2, 0.25) is 0 Å². The number of rotatable bonds is 3. The third-order valence-electron chi connectivity index (χ3n) is 4.31. The van der Waals surface area contributed by atoms with Gasteiger partial charge in [-0.15, -0.1) is 0 Å². The van der Waals surface area contributed by atoms with Crippen molar-refractivity contribution in [3.63, 3.8) is 0 Å². The third-order valence-corrected chi connectivity index (χ3v) is 4.31. The largest absolute Gasteiger partial charge is 0.416 e. The zero-order valence-corrected chi connectivity index (χ0v) is 14.4. The Hall–Kier alpha value is -3.61. The summed E-state index contributed by atoms with van der Waals surface area (Å²) < 4.78 is 40.3. The second-order valence-corrected chi connectivity index (χ2v) is 6.15. The number of H-pyrrole nitrogens is 1. The molecule has 28 heavy (non-hydrogen) atoms. The Morgan fingerprint density at radius 3 is 2.46 bits per heavy atom. The Balaban J connectivity index is 1.83. The molecule has 2 heterocycles. The second kappa shape index (κ2) is 6.84. The normalized spacial score (nSPS) is 11.5. The molecule has 2 aromatic carbocycles. The molecule has 0 spiro atoms. The lowest BCUT2D eigenvalue weighted by atomic mass is 10.0. The monoisotopic (exact) mass is 381 g/mol. The van der Waals surface area contributed by atoms with Gasteiger partial charge in [-0.2, -0.15) is 18.3 Å². The number of hydrogen-bond acceptors (Lipinski definition) is 2. The molecule has 0 aliphatic rings. The van der Waals surface area contributed by atoms with Crippen molar-refractivity contribution >= 4 is 0 Å². The second-order valence-electron chi connectivity index (χ2n) is 6.15. The topological polar surface area (TPSA) is 50.7 Å². The maximum Gasteiger partial charge on any atom is 0.416 e. The molecule has 0 aliphatic carbocycles. The molecule has 7 heteroatoms. The molecule has 2 aromatic heterocycles. The predicted octanol–water partition coefficient (Wildman–Crippen LogP) is 4.91. The van der Waals surface area contributed by atoms with Crippen LogP contribution in [0.5, 0.6) is 0 Å². The quantitative estimate of drug-likeness (QED) is 0.548. The molecule has 0 radical (unpaired) electrons. The van der Waals surface area contributed by atoms with Crippen LogP contribution in [0.15, 0.2) is 83.9 Å². The number of halogens is 3. The van der Waals surface area contributed by atoms with Gasteiger partial charge in [0.05, 0.1) is 16.9 Å². The van der Waals surface area contributed by atoms with Crippen molar-refractivity contribution in [3.05, 3.63) is 94.9 Å². The number of aromatic nitrogens is 3. The van der Waals surface area contributed by atoms with Crippen molar-refractivity contribution in [2.45, 2.75) is 6.18 Å². The minimum Gasteiger partial charge on any atom is -0.359 e. The van der Waals surface area contributed by atoms with Crippen LogP contribution < -0.4 is 5.43 Å². The van der Waals surface area contributed by atoms with Crippen LogP contribution in [0.25, 0.3) is 28.2 Å². The summed E-state index contributed by atoms with van der Waals surface area (Å²) in [6.07, 6.45) is -1.41. The number of alkyl halides is 3. The van der Waals surface area contributed by atoms with Gasteiger partial charge in [0.1, 0.15) is 0 Å². The number of nitrogens with zero attached hydrogens (tertiary/aromatic N) is 2. The average molecular weight is 381 g/mol. The first-order valence-corrected chi connectivity index (χ1v) is 8.44. The van der Waals surface area contributed by atoms with Gasteiger partial charge in [0.15, 0.2) is 5.69 Å². The molecule has 0 bridgehead atoms. The zero-order valence-electron chi connectivity index (χ0n) is 14.4. The summed E-state index contributed by atoms with van der Waals surface area (Å²) in [5, 5.41) is 4.30. The fourth-order valence-electron chi connectivity index (χ4n) is 2.97. The summed E-state index contributed by atoms with van der Waals surface area (Å²) in [7, 11) is 0. The van der Waals surface area contributed by atoms with E-state index in [1.54, 1.807) is 6.20 Å². The highest BCUT2D eigenvalue weighted by atomic mass is 19.4. The summed E-state index contributed by atoms with van der Waals surface area (Å²) >= 11 is 0. The molecule has 140 valence electrons. The Kier molecular flexibility index (Phi) is 4.35. The smallest absolute Gasteiger partial charge is 0.359 e. The highest BCUT2D eigenvalue weighted by molar-refractivity contribution is 5.79. The lowest BCUT2D eigenvalue weighted by Gasteiger charge is -2.11. The minimum atomic E-state index is -4.46. The third kappa shape index (κ3) is 3.34. The molecule has 0 amide bonds. The van der Waals surface area contributed by atoms with E-state index in [1.165, 1.54) is 29.1 Å². The predicted molar refractivity (Wildman–Crippen MR) is 100 cm³/mol. The molecule has 0 aliphatic heterocycles. The number of benzene rings is 2. The molecular weight excluding hydrogens is 367 g/mol. The summed E-state index contributed by atoms with van der Waals surface area (Å²) in [5.41, 5.74) is 1.42. The average Bonchev–Trinajstić information content (AvgIpc) is 3.18. The van der Waals surface area contributed by atoms with Crippen LogP contribution in [0.3, 0.4) is 0 Å². The van der Waals surface area contributed by atoms with Gasteiger partial charge < -0.3 is 4.98 Å². The van der Waals surface area contributed by atoms with E-state index in [4.69, 9.17) is 0 Å². The van der Waals surface area contributed by atoms with E-state index in [0.29, 0.717) is 5.69 Å². The van der Waals surface area contributed by atoms with Crippen LogP contribution in [-0.2, 0) is 6.18 Å². The SMILES string of the molecule is O=c1ccn(-c2cccc(C(F)(F)F)c2)nc1-c1[nH]ccc1-c1ccccc1. The van der Waals surface area contributed by atoms with Gasteiger partial charge in [-0.1, -0.05) is 36.4 Å². The summed E-state index contributed by atoms with van der Waals surface area (Å²) in [6, 6.07) is 17.4. The van der Waals surface area contributed by atoms with Crippen molar-refractivity contribution in [2.75, 3.05) is 0 Å². The molecule has 0 unspecified atom stereocenters. The van der Waals surface area contributed by atoms with E-state index in [2.05, 4.69) is 10.1 Å². The van der Waals surface area contributed by atoms with E-state index < -0.39 is 11.7 Å². The Morgan fingerprint density at radius 2 is 1.71 bits per heavy atom. The molecule has 0 saturated carbocycles. The molecular formula is C21H14F3N3O. The number of hydrogen-bond donors (Lipinski definition) is 1. The maximum absolute atomic E-state index is 13.0. The van der Waals surface area contributed by atoms with Crippen molar-refractivity contribution in [3.8, 4) is 28.2 Å². The first-order chi connectivity index (χ1) is 13.4. The van der Waals surface area contributed by atoms with Gasteiger partial charge in [0.25, 0.3) is 0 Å². The summed E-state index contributed by atoms with van der Waals surface area (Å²) in [5.74, 6) is 0. The fourth-order valence-corrected chi connectivity index (χ4v) is 2.97. The minimum absolute atomic E-state index is 0.128. The van der Waals surface area contributed by atoms with Gasteiger partial charge in [-0.25, -0.2) is 4.68 Å². The molecule has 4 rings (SSSR count). The lowest BCUT2D eigenvalue weighted by Crippen LogP contribution is -2.14. The van der Waals surface area contributed by atoms with Crippen LogP contribution in [0.4, 0.5) is 13.2 Å². The number of aromatic amines is 1. The van der Waals surface area contributed by atoms with Crippen LogP contribution in [0, 0.1) is 0 Å². The van der Waals surface area contributed by atoms with Crippen molar-refractivity contribution < 1.29 is 13.2 Å². The first kappa shape index (κ1) is 17.8. The molecule has 1 N–H and O–H groups in total. The molecule has 4 aromatic rings. The first-order valence-electron chi connectivity index (χ1n) is 8.44. The van der Waals surface area contributed by atoms with Crippen LogP contribution in [-0.4, -0.2) is 14.8 Å². The number of nitrogens with one attached hydrogen (secondary N) is 1. The Bertz CT molecular complexity index is 1180. The van der Waals surface area contributed by atoms with Crippen LogP contribution in [0.1, 0.15) is 5.56 Å². The van der Waals surface area contributed by atoms with Crippen molar-refractivity contribution in [1.82, 2.24) is 14.8 Å². The Morgan fingerprint density at radius 1 is 0.929 bits per heavy atom. The highest BCUT2D eigenvalue weighted by Crippen LogP contribution is 2.31. The maximum atomic E-state index is 13.0. The van der Waals surface area contributed by atoms with E-state index in [9.17, 15) is 18.0 Å². The summed E-state index contributed by atoms with van der Waals surface area (Å²) in [6.45, 7) is 0.